The third-order valence-corrected chi connectivity index (χ3v) is 22.0. The van der Waals surface area contributed by atoms with Crippen molar-refractivity contribution in [2.75, 3.05) is 74.1 Å². The molecule has 4 aromatic rings. The number of primary amides is 1. The van der Waals surface area contributed by atoms with Gasteiger partial charge in [-0.1, -0.05) is 140 Å². The number of nitrogens with zero attached hydrogens (tertiary/aromatic N) is 8. The zero-order chi connectivity index (χ0) is 87.3. The Morgan fingerprint density at radius 1 is 0.720 bits per heavy atom. The van der Waals surface area contributed by atoms with E-state index in [0.717, 1.165) is 11.8 Å². The lowest BCUT2D eigenvalue weighted by molar-refractivity contribution is -0.149. The summed E-state index contributed by atoms with van der Waals surface area (Å²) in [6, 6.07) is 10.5. The largest absolute Gasteiger partial charge is 0.480 e. The normalized spacial score (nSPS) is 15.4. The smallest absolute Gasteiger partial charge is 0.410 e. The van der Waals surface area contributed by atoms with Crippen molar-refractivity contribution in [3.63, 3.8) is 0 Å². The molecule has 2 aromatic carbocycles. The Labute approximate surface area is 693 Å². The second kappa shape index (κ2) is 50.1. The fourth-order valence-electron chi connectivity index (χ4n) is 14.2. The molecule has 34 heteroatoms. The molecule has 1 aliphatic heterocycles. The van der Waals surface area contributed by atoms with Crippen LogP contribution in [0.3, 0.4) is 0 Å². The molecule has 5 rings (SSSR count). The number of hydrogen-bond acceptors (Lipinski definition) is 23. The second-order valence-electron chi connectivity index (χ2n) is 31.3. The molecule has 2 aromatic heterocycles. The first kappa shape index (κ1) is 98.6. The van der Waals surface area contributed by atoms with Gasteiger partial charge in [-0.3, -0.25) is 43.2 Å². The summed E-state index contributed by atoms with van der Waals surface area (Å²) in [5, 5.41) is 28.7. The monoisotopic (exact) mass is 1670 g/mol. The van der Waals surface area contributed by atoms with Crippen LogP contribution in [0, 0.1) is 53.3 Å². The second-order valence-corrected chi connectivity index (χ2v) is 33.2. The van der Waals surface area contributed by atoms with Gasteiger partial charge < -0.3 is 70.5 Å². The van der Waals surface area contributed by atoms with E-state index in [1.54, 1.807) is 111 Å². The predicted molar refractivity (Wildman–Crippen MR) is 436 cm³/mol. The minimum Gasteiger partial charge on any atom is -0.480 e. The van der Waals surface area contributed by atoms with Gasteiger partial charge in [0.1, 0.15) is 31.6 Å². The molecular weight excluding hydrogens is 1540 g/mol. The fraction of sp³-hybridized carbons (Fsp3) is 0.619. The molecule has 3 heterocycles. The molecule has 0 radical (unpaired) electrons. The van der Waals surface area contributed by atoms with Crippen molar-refractivity contribution in [1.29, 1.82) is 0 Å². The van der Waals surface area contributed by atoms with Crippen LogP contribution in [0.25, 0.3) is 0 Å². The maximum absolute atomic E-state index is 14.9. The summed E-state index contributed by atoms with van der Waals surface area (Å²) in [6.45, 7) is 17.0. The number of carbonyl (C=O) groups is 12. The number of ether oxygens (including phenoxy) is 5. The number of sulfone groups is 1. The lowest BCUT2D eigenvalue weighted by Crippen LogP contribution is -2.55. The summed E-state index contributed by atoms with van der Waals surface area (Å²) in [4.78, 5) is 174. The van der Waals surface area contributed by atoms with E-state index in [4.69, 9.17) is 29.4 Å². The van der Waals surface area contributed by atoms with Crippen molar-refractivity contribution in [1.82, 2.24) is 60.9 Å². The van der Waals surface area contributed by atoms with Crippen molar-refractivity contribution in [3.8, 4) is 11.8 Å². The molecule has 1 saturated heterocycles. The number of unbranched alkanes of at least 4 members (excludes halogenated alkanes) is 1. The molecule has 0 unspecified atom stereocenters. The molecule has 7 N–H and O–H groups in total. The number of rotatable bonds is 53. The Bertz CT molecular complexity index is 4130. The summed E-state index contributed by atoms with van der Waals surface area (Å²) in [5.41, 5.74) is 8.15. The SMILES string of the molecule is CC[C@H](C)[C@@H]([C@@H](CC(=O)N1CCC[C@H]1[C@H](OC)[C@@H](C)C(=O)N[C@@H](Cc1ccccc1)C(=O)O)OC)N(C)C(=O)[C@@H](CC(=O)[C@H](C(C)C)N(C)C(=O)OCc1ccc(CC(=O)[C@H](CCCNC(N)=O)NC(=O)[C@@H](CC(=O)COCC(=O)CCCOCCn2cc(CNC(=O)CCCC#Cc3cnc(S(C)(=O)=O)nc3)nn2)C(C)C)cc1)C(C)C. The predicted octanol–water partition coefficient (Wildman–Crippen LogP) is 6.23. The van der Waals surface area contributed by atoms with Gasteiger partial charge in [0.15, 0.2) is 23.1 Å². The van der Waals surface area contributed by atoms with Gasteiger partial charge in [-0.15, -0.1) is 5.10 Å². The highest BCUT2D eigenvalue weighted by atomic mass is 32.2. The Morgan fingerprint density at radius 3 is 2.00 bits per heavy atom. The zero-order valence-electron chi connectivity index (χ0n) is 70.7. The Kier molecular flexibility index (Phi) is 41.9. The van der Waals surface area contributed by atoms with Crippen molar-refractivity contribution >= 4 is 80.6 Å². The standard InChI is InChI=1S/C84H123N13O20S/c1-15-56(8)76(72(113-12)45-74(103)97-37-23-30-69(97)77(114-13)57(9)78(104)91-68(81(107)108)41-58-25-18-16-19-26-58)94(10)80(106)66(54(4)5)44-71(101)75(55(6)7)95(11)84(110)117-50-60-34-32-59(33-35-60)42-70(100)67(29-22-36-86-82(85)109)90-79(105)65(53(2)3)43-64(99)52-116-51-63(98)28-24-39-115-40-38-96-49-62(92-93-96)48-87-73(102)31-21-17-20-27-61-46-88-83(89-47-61)118(14,111)112/h16,18-19,25-26,32-35,46-47,49,53-57,65-69,72,75-77H,15,17,21-24,28-31,36-45,48,50-52H2,1-14H3,(H,87,102)(H,90,105)(H,91,104)(H,107,108)(H3,85,86,109)/t56-,57+,65-,66-,67-,68-,69-,72+,75-,76-,77+/m0/s1. The van der Waals surface area contributed by atoms with Crippen LogP contribution in [0.5, 0.6) is 0 Å². The molecule has 8 amide bonds. The number of nitrogens with two attached hydrogens (primary N) is 1. The lowest BCUT2D eigenvalue weighted by atomic mass is 9.83. The van der Waals surface area contributed by atoms with E-state index in [1.165, 1.54) is 38.6 Å². The Morgan fingerprint density at radius 2 is 1.38 bits per heavy atom. The third-order valence-electron chi connectivity index (χ3n) is 21.1. The summed E-state index contributed by atoms with van der Waals surface area (Å²) in [5.74, 6) is -2.57. The number of ketones is 4. The highest BCUT2D eigenvalue weighted by Crippen LogP contribution is 2.32. The number of urea groups is 1. The lowest BCUT2D eigenvalue weighted by Gasteiger charge is -2.41. The van der Waals surface area contributed by atoms with Gasteiger partial charge in [0.25, 0.3) is 0 Å². The van der Waals surface area contributed by atoms with Crippen LogP contribution in [0.2, 0.25) is 0 Å². The molecule has 0 saturated carbocycles. The molecule has 33 nitrogen and oxygen atoms in total. The minimum atomic E-state index is -3.51. The number of Topliss-reactive ketones (excluding diaryl/α,β-unsaturated/α-hetero) is 4. The first-order valence-electron chi connectivity index (χ1n) is 40.4. The van der Waals surface area contributed by atoms with Crippen LogP contribution in [0.15, 0.2) is 78.3 Å². The Hall–Kier alpha value is -9.95. The number of carboxylic acid groups (broad SMARTS) is 1. The number of benzene rings is 2. The summed E-state index contributed by atoms with van der Waals surface area (Å²) in [7, 11) is 2.55. The van der Waals surface area contributed by atoms with Gasteiger partial charge in [-0.25, -0.2) is 37.5 Å². The van der Waals surface area contributed by atoms with Gasteiger partial charge >= 0.3 is 18.1 Å². The van der Waals surface area contributed by atoms with E-state index in [-0.39, 0.29) is 155 Å². The number of nitrogens with one attached hydrogen (secondary N) is 4. The molecule has 1 fully saturated rings. The number of aliphatic carboxylic acids is 1. The van der Waals surface area contributed by atoms with Gasteiger partial charge in [0.2, 0.25) is 44.5 Å². The fourth-order valence-corrected chi connectivity index (χ4v) is 14.7. The molecule has 0 aliphatic carbocycles. The molecule has 0 bridgehead atoms. The summed E-state index contributed by atoms with van der Waals surface area (Å²) >= 11 is 0. The average Bonchev–Trinajstić information content (AvgIpc) is 1.66. The van der Waals surface area contributed by atoms with Crippen LogP contribution >= 0.6 is 0 Å². The van der Waals surface area contributed by atoms with E-state index < -0.39 is 118 Å². The first-order chi connectivity index (χ1) is 56.0. The number of carbonyl (C=O) groups excluding carboxylic acids is 11. The quantitative estimate of drug-likeness (QED) is 0.0162. The van der Waals surface area contributed by atoms with Gasteiger partial charge in [-0.2, -0.15) is 0 Å². The number of carboxylic acids is 1. The van der Waals surface area contributed by atoms with E-state index in [2.05, 4.69) is 53.4 Å². The van der Waals surface area contributed by atoms with Gasteiger partial charge in [0, 0.05) is 123 Å². The van der Waals surface area contributed by atoms with Crippen molar-refractivity contribution in [2.45, 2.75) is 226 Å². The van der Waals surface area contributed by atoms with Crippen LogP contribution in [-0.2, 0) is 114 Å². The minimum absolute atomic E-state index is 0.0728. The first-order valence-corrected chi connectivity index (χ1v) is 42.3. The van der Waals surface area contributed by atoms with Crippen LogP contribution < -0.4 is 27.0 Å². The number of amides is 8. The summed E-state index contributed by atoms with van der Waals surface area (Å²) < 4.78 is 53.6. The van der Waals surface area contributed by atoms with Crippen LogP contribution in [-0.4, -0.2) is 240 Å². The molecule has 118 heavy (non-hydrogen) atoms. The van der Waals surface area contributed by atoms with E-state index in [0.29, 0.717) is 74.0 Å². The molecule has 11 atom stereocenters. The molecule has 0 spiro atoms. The number of methoxy groups -OCH3 is 2. The molecule has 650 valence electrons. The maximum atomic E-state index is 14.9. The van der Waals surface area contributed by atoms with E-state index in [1.807, 2.05) is 33.8 Å². The zero-order valence-corrected chi connectivity index (χ0v) is 71.6. The van der Waals surface area contributed by atoms with Crippen LogP contribution in [0.1, 0.15) is 174 Å². The van der Waals surface area contributed by atoms with Crippen LogP contribution in [0.4, 0.5) is 9.59 Å². The van der Waals surface area contributed by atoms with Crippen molar-refractivity contribution in [3.05, 3.63) is 101 Å². The molecule has 1 aliphatic rings. The van der Waals surface area contributed by atoms with Crippen molar-refractivity contribution < 1.29 is 94.7 Å². The van der Waals surface area contributed by atoms with Crippen molar-refractivity contribution in [2.24, 2.45) is 47.2 Å². The maximum Gasteiger partial charge on any atom is 0.410 e. The number of aromatic nitrogens is 5. The number of likely N-dealkylation sites (tertiary alicyclic amines) is 1. The van der Waals surface area contributed by atoms with E-state index in [9.17, 15) is 71.1 Å². The van der Waals surface area contributed by atoms with Gasteiger partial charge in [-0.05, 0) is 78.9 Å². The highest BCUT2D eigenvalue weighted by molar-refractivity contribution is 7.90. The summed E-state index contributed by atoms with van der Waals surface area (Å²) in [6.07, 6.45) is 6.15. The average molecular weight is 1670 g/mol. The van der Waals surface area contributed by atoms with E-state index >= 15 is 0 Å². The number of likely N-dealkylation sites (N-methyl/N-ethyl adjacent to an activating group) is 2. The Balaban J connectivity index is 1.07. The highest BCUT2D eigenvalue weighted by Gasteiger charge is 2.44. The third kappa shape index (κ3) is 32.7. The topological polar surface area (TPSA) is 446 Å². The van der Waals surface area contributed by atoms with Gasteiger partial charge in [0.05, 0.1) is 80.2 Å². The molecular formula is C84H123N13O20S. The number of hydrogen-bond donors (Lipinski definition) is 6.